The summed E-state index contributed by atoms with van der Waals surface area (Å²) in [7, 11) is 0. The second-order valence-electron chi connectivity index (χ2n) is 3.28. The molecule has 0 aromatic carbocycles. The number of carbonyl (C=O) groups is 2. The van der Waals surface area contributed by atoms with Crippen molar-refractivity contribution in [3.63, 3.8) is 0 Å². The fourth-order valence-corrected chi connectivity index (χ4v) is 1.24. The van der Waals surface area contributed by atoms with E-state index in [1.54, 1.807) is 0 Å². The summed E-state index contributed by atoms with van der Waals surface area (Å²) in [6.45, 7) is 0.806. The summed E-state index contributed by atoms with van der Waals surface area (Å²) in [5.74, 6) is -5.93. The van der Waals surface area contributed by atoms with Crippen LogP contribution in [0.3, 0.4) is 0 Å². The minimum atomic E-state index is -3.54. The van der Waals surface area contributed by atoms with Crippen LogP contribution in [0, 0.1) is 6.43 Å². The average molecular weight is 526 g/mol. The summed E-state index contributed by atoms with van der Waals surface area (Å²) in [6.07, 6.45) is -5.50. The smallest absolute Gasteiger partial charge is 0.415 e. The molecule has 98 valence electrons. The van der Waals surface area contributed by atoms with Crippen molar-refractivity contribution in [2.75, 3.05) is 0 Å². The SMILES string of the molecule is CC1(C(=O)F)OC2(O1)OC(C(=O)F)([C-](F)F)O2.[Rf]. The molecule has 2 heterocycles. The topological polar surface area (TPSA) is 71.1 Å². The van der Waals surface area contributed by atoms with Gasteiger partial charge in [0.1, 0.15) is 0 Å². The molecule has 0 bridgehead atoms. The summed E-state index contributed by atoms with van der Waals surface area (Å²) >= 11 is 0. The first kappa shape index (κ1) is 14.0. The predicted molar refractivity (Wildman–Crippen MR) is 35.9 cm³/mol. The third-order valence-electron chi connectivity index (χ3n) is 2.04. The molecular weight excluding hydrogens is 523 g/mol. The van der Waals surface area contributed by atoms with Crippen LogP contribution in [0.1, 0.15) is 6.92 Å². The van der Waals surface area contributed by atoms with Crippen LogP contribution in [-0.4, -0.2) is 29.8 Å². The normalized spacial score (nSPS) is 41.9. The molecule has 0 aromatic heterocycles. The van der Waals surface area contributed by atoms with Gasteiger partial charge in [0.2, 0.25) is 5.79 Å². The molecule has 2 fully saturated rings. The summed E-state index contributed by atoms with van der Waals surface area (Å²) in [5, 5.41) is 0. The molecule has 6 nitrogen and oxygen atoms in total. The summed E-state index contributed by atoms with van der Waals surface area (Å²) < 4.78 is 65.6. The standard InChI is InChI=1S/C7H3F4O6.Rf/c1-5(3(10)12)14-7(15-5)16-6(17-7,2(8)9)4(11)13;/h1H3;/q-1;. The molecule has 0 amide bonds. The van der Waals surface area contributed by atoms with E-state index in [1.807, 2.05) is 0 Å². The van der Waals surface area contributed by atoms with Crippen LogP contribution in [0.15, 0.2) is 0 Å². The summed E-state index contributed by atoms with van der Waals surface area (Å²) in [4.78, 5) is 20.5. The number of hydrogen-bond donors (Lipinski definition) is 0. The van der Waals surface area contributed by atoms with Crippen molar-refractivity contribution in [3.05, 3.63) is 6.43 Å². The van der Waals surface area contributed by atoms with Crippen LogP contribution in [-0.2, 0) is 28.5 Å². The minimum absolute atomic E-state index is 0. The van der Waals surface area contributed by atoms with Gasteiger partial charge in [0, 0.05) is 6.92 Å². The molecule has 0 atom stereocenters. The Balaban J connectivity index is 0.00000162. The van der Waals surface area contributed by atoms with Crippen LogP contribution in [0.2, 0.25) is 0 Å². The van der Waals surface area contributed by atoms with Gasteiger partial charge in [-0.2, -0.15) is 8.78 Å². The van der Waals surface area contributed by atoms with Gasteiger partial charge in [-0.05, 0) is 0 Å². The number of carbonyl (C=O) groups excluding carboxylic acids is 2. The summed E-state index contributed by atoms with van der Waals surface area (Å²) in [6, 6.07) is -4.72. The van der Waals surface area contributed by atoms with Crippen molar-refractivity contribution in [1.82, 2.24) is 0 Å². The maximum Gasteiger partial charge on any atom is 0.420 e. The fourth-order valence-electron chi connectivity index (χ4n) is 1.24. The first-order valence-corrected chi connectivity index (χ1v) is 4.05. The Morgan fingerprint density at radius 1 is 1.00 bits per heavy atom. The minimum Gasteiger partial charge on any atom is -0.415 e. The monoisotopic (exact) mass is 526 g/mol. The van der Waals surface area contributed by atoms with E-state index < -0.39 is 36.2 Å². The molecule has 0 aliphatic carbocycles. The quantitative estimate of drug-likeness (QED) is 0.304. The molecular formula is C7H3F4O6Rf-. The van der Waals surface area contributed by atoms with E-state index in [2.05, 4.69) is 18.9 Å². The predicted octanol–water partition coefficient (Wildman–Crippen LogP) is 0.524. The van der Waals surface area contributed by atoms with Gasteiger partial charge in [0.05, 0.1) is 6.43 Å². The van der Waals surface area contributed by atoms with Gasteiger partial charge in [0.25, 0.3) is 5.79 Å². The van der Waals surface area contributed by atoms with Gasteiger partial charge in [0.15, 0.2) is 0 Å². The fraction of sp³-hybridized carbons (Fsp3) is 0.571. The third kappa shape index (κ3) is 1.45. The van der Waals surface area contributed by atoms with Crippen LogP contribution in [0.5, 0.6) is 0 Å². The van der Waals surface area contributed by atoms with Gasteiger partial charge in [-0.1, -0.05) is 0 Å². The van der Waals surface area contributed by atoms with Crippen LogP contribution < -0.4 is 0 Å². The second-order valence-corrected chi connectivity index (χ2v) is 3.28. The van der Waals surface area contributed by atoms with E-state index in [9.17, 15) is 27.2 Å². The Morgan fingerprint density at radius 2 is 1.44 bits per heavy atom. The van der Waals surface area contributed by atoms with Crippen LogP contribution in [0.25, 0.3) is 0 Å². The van der Waals surface area contributed by atoms with Gasteiger partial charge < -0.3 is 8.78 Å². The Labute approximate surface area is 90.4 Å². The van der Waals surface area contributed by atoms with Crippen LogP contribution >= 0.6 is 0 Å². The second kappa shape index (κ2) is 3.45. The molecule has 2 rings (SSSR count). The molecule has 1 spiro atoms. The van der Waals surface area contributed by atoms with E-state index in [1.165, 1.54) is 0 Å². The third-order valence-corrected chi connectivity index (χ3v) is 2.04. The van der Waals surface area contributed by atoms with Crippen LogP contribution in [0.4, 0.5) is 17.6 Å². The largest absolute Gasteiger partial charge is 0.420 e. The molecule has 11 heteroatoms. The summed E-state index contributed by atoms with van der Waals surface area (Å²) in [5.41, 5.74) is 0. The van der Waals surface area contributed by atoms with Crippen molar-refractivity contribution in [1.29, 1.82) is 0 Å². The van der Waals surface area contributed by atoms with Gasteiger partial charge >= 0.3 is 18.2 Å². The number of halogens is 4. The zero-order valence-electron chi connectivity index (χ0n) is 8.67. The van der Waals surface area contributed by atoms with Gasteiger partial charge in [-0.15, -0.1) is 0 Å². The first-order valence-electron chi connectivity index (χ1n) is 4.05. The van der Waals surface area contributed by atoms with Crippen molar-refractivity contribution in [2.24, 2.45) is 0 Å². The molecule has 2 aliphatic heterocycles. The molecule has 0 aromatic rings. The Kier molecular flexibility index (Phi) is 2.67. The maximum atomic E-state index is 12.3. The van der Waals surface area contributed by atoms with Crippen molar-refractivity contribution in [2.45, 2.75) is 24.7 Å². The van der Waals surface area contributed by atoms with E-state index in [4.69, 9.17) is 0 Å². The van der Waals surface area contributed by atoms with Gasteiger partial charge in [-0.25, -0.2) is 0 Å². The van der Waals surface area contributed by atoms with E-state index >= 15 is 0 Å². The van der Waals surface area contributed by atoms with Crippen molar-refractivity contribution in [3.8, 4) is 0 Å². The molecule has 0 unspecified atom stereocenters. The molecule has 0 N–H and O–H groups in total. The van der Waals surface area contributed by atoms with Crippen molar-refractivity contribution >= 4 is 12.1 Å². The Morgan fingerprint density at radius 3 is 1.72 bits per heavy atom. The number of hydrogen-bond acceptors (Lipinski definition) is 6. The Bertz CT molecular complexity index is 387. The first-order chi connectivity index (χ1) is 7.66. The molecule has 0 saturated carbocycles. The van der Waals surface area contributed by atoms with E-state index in [0.29, 0.717) is 0 Å². The zero-order valence-corrected chi connectivity index (χ0v) is 15.1. The van der Waals surface area contributed by atoms with Crippen molar-refractivity contribution < 1.29 is 46.1 Å². The zero-order chi connectivity index (χ0) is 13.1. The number of rotatable bonds is 3. The maximum absolute atomic E-state index is 12.3. The molecule has 0 radical (unpaired) electrons. The average Bonchev–Trinajstić information content (AvgIpc) is 2.06. The molecule has 18 heavy (non-hydrogen) atoms. The molecule has 2 aliphatic rings. The Hall–Kier alpha value is -2.10. The van der Waals surface area contributed by atoms with Gasteiger partial charge in [-0.3, -0.25) is 28.5 Å². The molecule has 2 saturated heterocycles. The number of ether oxygens (including phenoxy) is 4. The van der Waals surface area contributed by atoms with E-state index in [-0.39, 0.29) is 0 Å². The van der Waals surface area contributed by atoms with E-state index in [0.717, 1.165) is 6.92 Å².